The van der Waals surface area contributed by atoms with E-state index in [9.17, 15) is 4.79 Å². The number of hydrogen-bond acceptors (Lipinski definition) is 2. The van der Waals surface area contributed by atoms with Crippen LogP contribution in [0.2, 0.25) is 5.02 Å². The number of nitrogens with one attached hydrogen (secondary N) is 2. The molecule has 0 unspecified atom stereocenters. The third-order valence-electron chi connectivity index (χ3n) is 3.41. The molecule has 2 aromatic heterocycles. The first kappa shape index (κ1) is 15.8. The molecule has 0 spiro atoms. The lowest BCUT2D eigenvalue weighted by molar-refractivity contribution is 0.251. The molecule has 0 atom stereocenters. The Morgan fingerprint density at radius 2 is 2.13 bits per heavy atom. The van der Waals surface area contributed by atoms with Crippen LogP contribution in [0.3, 0.4) is 0 Å². The van der Waals surface area contributed by atoms with E-state index < -0.39 is 0 Å². The number of halogens is 2. The minimum Gasteiger partial charge on any atom is -0.332 e. The van der Waals surface area contributed by atoms with E-state index in [1.807, 2.05) is 41.9 Å². The number of imidazole rings is 1. The van der Waals surface area contributed by atoms with Gasteiger partial charge in [-0.1, -0.05) is 17.7 Å². The zero-order chi connectivity index (χ0) is 16.4. The number of aromatic nitrogens is 2. The normalized spacial score (nSPS) is 10.7. The van der Waals surface area contributed by atoms with Crippen LogP contribution in [0.25, 0.3) is 5.65 Å². The van der Waals surface area contributed by atoms with Gasteiger partial charge in [0.15, 0.2) is 0 Å². The molecule has 0 aliphatic carbocycles. The standard InChI is InChI=1S/C16H14BrClN4O/c1-10-13(18)3-2-4-14(10)21-16(23)19-7-12-9-22-8-11(17)5-6-15(22)20-12/h2-6,8-9H,7H2,1H3,(H2,19,21,23). The van der Waals surface area contributed by atoms with Crippen LogP contribution < -0.4 is 10.6 Å². The first-order valence-corrected chi connectivity index (χ1v) is 8.13. The Hall–Kier alpha value is -2.05. The summed E-state index contributed by atoms with van der Waals surface area (Å²) in [5, 5.41) is 6.20. The molecule has 5 nitrogen and oxygen atoms in total. The fourth-order valence-electron chi connectivity index (χ4n) is 2.18. The summed E-state index contributed by atoms with van der Waals surface area (Å²) in [7, 11) is 0. The summed E-state index contributed by atoms with van der Waals surface area (Å²) < 4.78 is 2.87. The summed E-state index contributed by atoms with van der Waals surface area (Å²) in [4.78, 5) is 16.5. The maximum Gasteiger partial charge on any atom is 0.319 e. The molecule has 0 saturated heterocycles. The van der Waals surface area contributed by atoms with Gasteiger partial charge in [-0.3, -0.25) is 0 Å². The van der Waals surface area contributed by atoms with Crippen LogP contribution in [0.15, 0.2) is 47.2 Å². The smallest absolute Gasteiger partial charge is 0.319 e. The number of amides is 2. The fraction of sp³-hybridized carbons (Fsp3) is 0.125. The van der Waals surface area contributed by atoms with Crippen LogP contribution >= 0.6 is 27.5 Å². The van der Waals surface area contributed by atoms with E-state index in [2.05, 4.69) is 31.5 Å². The topological polar surface area (TPSA) is 58.4 Å². The molecule has 1 aromatic carbocycles. The zero-order valence-electron chi connectivity index (χ0n) is 12.3. The fourth-order valence-corrected chi connectivity index (χ4v) is 2.71. The van der Waals surface area contributed by atoms with Gasteiger partial charge in [0.1, 0.15) is 5.65 Å². The van der Waals surface area contributed by atoms with Crippen LogP contribution in [0.1, 0.15) is 11.3 Å². The highest BCUT2D eigenvalue weighted by Gasteiger charge is 2.08. The van der Waals surface area contributed by atoms with Gasteiger partial charge in [0.2, 0.25) is 0 Å². The number of rotatable bonds is 3. The van der Waals surface area contributed by atoms with Crippen molar-refractivity contribution in [3.63, 3.8) is 0 Å². The minimum absolute atomic E-state index is 0.298. The molecule has 3 aromatic rings. The average molecular weight is 394 g/mol. The molecule has 23 heavy (non-hydrogen) atoms. The van der Waals surface area contributed by atoms with E-state index >= 15 is 0 Å². The van der Waals surface area contributed by atoms with Crippen molar-refractivity contribution in [2.24, 2.45) is 0 Å². The highest BCUT2D eigenvalue weighted by atomic mass is 79.9. The molecule has 0 aliphatic rings. The molecule has 2 N–H and O–H groups in total. The summed E-state index contributed by atoms with van der Waals surface area (Å²) in [6, 6.07) is 8.92. The van der Waals surface area contributed by atoms with Gasteiger partial charge in [-0.15, -0.1) is 0 Å². The Bertz CT molecular complexity index is 878. The van der Waals surface area contributed by atoms with Crippen molar-refractivity contribution >= 4 is 44.9 Å². The summed E-state index contributed by atoms with van der Waals surface area (Å²) in [5.41, 5.74) is 3.13. The molecule has 0 bridgehead atoms. The van der Waals surface area contributed by atoms with Crippen molar-refractivity contribution in [1.29, 1.82) is 0 Å². The van der Waals surface area contributed by atoms with E-state index in [0.29, 0.717) is 17.3 Å². The molecule has 2 amide bonds. The number of nitrogens with zero attached hydrogens (tertiary/aromatic N) is 2. The summed E-state index contributed by atoms with van der Waals surface area (Å²) >= 11 is 9.45. The van der Waals surface area contributed by atoms with Crippen molar-refractivity contribution in [2.75, 3.05) is 5.32 Å². The Kier molecular flexibility index (Phi) is 4.54. The van der Waals surface area contributed by atoms with Crippen LogP contribution in [0, 0.1) is 6.92 Å². The van der Waals surface area contributed by atoms with Crippen LogP contribution in [-0.2, 0) is 6.54 Å². The van der Waals surface area contributed by atoms with Crippen molar-refractivity contribution in [1.82, 2.24) is 14.7 Å². The summed E-state index contributed by atoms with van der Waals surface area (Å²) in [6.07, 6.45) is 3.80. The van der Waals surface area contributed by atoms with E-state index in [1.165, 1.54) is 0 Å². The average Bonchev–Trinajstić information content (AvgIpc) is 2.92. The highest BCUT2D eigenvalue weighted by Crippen LogP contribution is 2.22. The first-order chi connectivity index (χ1) is 11.0. The lowest BCUT2D eigenvalue weighted by Crippen LogP contribution is -2.28. The SMILES string of the molecule is Cc1c(Cl)cccc1NC(=O)NCc1cn2cc(Br)ccc2n1. The monoisotopic (exact) mass is 392 g/mol. The van der Waals surface area contributed by atoms with Crippen molar-refractivity contribution in [2.45, 2.75) is 13.5 Å². The van der Waals surface area contributed by atoms with Crippen LogP contribution in [0.5, 0.6) is 0 Å². The van der Waals surface area contributed by atoms with Crippen molar-refractivity contribution in [3.05, 3.63) is 63.5 Å². The molecule has 7 heteroatoms. The predicted octanol–water partition coefficient (Wildman–Crippen LogP) is 4.38. The van der Waals surface area contributed by atoms with Gasteiger partial charge in [0.25, 0.3) is 0 Å². The molecule has 3 rings (SSSR count). The number of carbonyl (C=O) groups excluding carboxylic acids is 1. The van der Waals surface area contributed by atoms with Crippen molar-refractivity contribution < 1.29 is 4.79 Å². The Morgan fingerprint density at radius 1 is 1.30 bits per heavy atom. The minimum atomic E-state index is -0.298. The quantitative estimate of drug-likeness (QED) is 0.694. The molecular formula is C16H14BrClN4O. The Labute approximate surface area is 146 Å². The zero-order valence-corrected chi connectivity index (χ0v) is 14.6. The molecule has 0 aliphatic heterocycles. The van der Waals surface area contributed by atoms with Crippen molar-refractivity contribution in [3.8, 4) is 0 Å². The van der Waals surface area contributed by atoms with Gasteiger partial charge in [0.05, 0.1) is 12.2 Å². The first-order valence-electron chi connectivity index (χ1n) is 6.96. The molecule has 0 saturated carbocycles. The lowest BCUT2D eigenvalue weighted by Gasteiger charge is -2.10. The highest BCUT2D eigenvalue weighted by molar-refractivity contribution is 9.10. The van der Waals surface area contributed by atoms with Gasteiger partial charge in [0, 0.05) is 27.6 Å². The largest absolute Gasteiger partial charge is 0.332 e. The number of anilines is 1. The molecule has 2 heterocycles. The second kappa shape index (κ2) is 6.60. The van der Waals surface area contributed by atoms with Gasteiger partial charge in [-0.25, -0.2) is 9.78 Å². The van der Waals surface area contributed by atoms with E-state index in [-0.39, 0.29) is 6.03 Å². The molecule has 118 valence electrons. The predicted molar refractivity (Wildman–Crippen MR) is 94.9 cm³/mol. The van der Waals surface area contributed by atoms with E-state index in [4.69, 9.17) is 11.6 Å². The number of fused-ring (bicyclic) bond motifs is 1. The third kappa shape index (κ3) is 3.65. The van der Waals surface area contributed by atoms with Gasteiger partial charge >= 0.3 is 6.03 Å². The maximum absolute atomic E-state index is 12.0. The summed E-state index contributed by atoms with van der Waals surface area (Å²) in [5.74, 6) is 0. The number of urea groups is 1. The Morgan fingerprint density at radius 3 is 2.96 bits per heavy atom. The Balaban J connectivity index is 1.65. The van der Waals surface area contributed by atoms with Crippen LogP contribution in [0.4, 0.5) is 10.5 Å². The van der Waals surface area contributed by atoms with Gasteiger partial charge < -0.3 is 15.0 Å². The van der Waals surface area contributed by atoms with E-state index in [0.717, 1.165) is 21.4 Å². The van der Waals surface area contributed by atoms with Crippen LogP contribution in [-0.4, -0.2) is 15.4 Å². The molecular weight excluding hydrogens is 380 g/mol. The van der Waals surface area contributed by atoms with E-state index in [1.54, 1.807) is 12.1 Å². The second-order valence-electron chi connectivity index (χ2n) is 5.07. The lowest BCUT2D eigenvalue weighted by atomic mass is 10.2. The maximum atomic E-state index is 12.0. The van der Waals surface area contributed by atoms with Gasteiger partial charge in [-0.05, 0) is 52.7 Å². The summed E-state index contributed by atoms with van der Waals surface area (Å²) in [6.45, 7) is 2.20. The number of benzene rings is 1. The molecule has 0 fully saturated rings. The van der Waals surface area contributed by atoms with Gasteiger partial charge in [-0.2, -0.15) is 0 Å². The number of pyridine rings is 1. The number of hydrogen-bond donors (Lipinski definition) is 2. The third-order valence-corrected chi connectivity index (χ3v) is 4.29. The second-order valence-corrected chi connectivity index (χ2v) is 6.39. The molecule has 0 radical (unpaired) electrons. The number of carbonyl (C=O) groups is 1.